The van der Waals surface area contributed by atoms with Crippen LogP contribution >= 0.6 is 23.2 Å². The van der Waals surface area contributed by atoms with E-state index in [1.807, 2.05) is 6.07 Å². The Morgan fingerprint density at radius 1 is 1.55 bits per heavy atom. The van der Waals surface area contributed by atoms with Gasteiger partial charge < -0.3 is 10.4 Å². The van der Waals surface area contributed by atoms with E-state index in [9.17, 15) is 5.11 Å². The summed E-state index contributed by atoms with van der Waals surface area (Å²) in [4.78, 5) is 0. The number of H-pyrrole nitrogens is 1. The van der Waals surface area contributed by atoms with Crippen LogP contribution in [0.4, 0.5) is 5.69 Å². The van der Waals surface area contributed by atoms with Crippen molar-refractivity contribution in [2.75, 3.05) is 5.32 Å². The number of nitrogens with one attached hydrogen (secondary N) is 2. The molecule has 0 radical (unpaired) electrons. The van der Waals surface area contributed by atoms with E-state index in [1.54, 1.807) is 6.92 Å². The van der Waals surface area contributed by atoms with E-state index in [0.29, 0.717) is 10.6 Å². The quantitative estimate of drug-likeness (QED) is 0.593. The van der Waals surface area contributed by atoms with Crippen LogP contribution in [0.15, 0.2) is 12.3 Å². The second-order valence-electron chi connectivity index (χ2n) is 3.74. The van der Waals surface area contributed by atoms with Crippen molar-refractivity contribution in [1.82, 2.24) is 20.6 Å². The number of aromatic hydroxyl groups is 1. The molecule has 1 aromatic heterocycles. The molecule has 2 rings (SSSR count). The second kappa shape index (κ2) is 5.77. The van der Waals surface area contributed by atoms with Crippen molar-refractivity contribution in [2.24, 2.45) is 0 Å². The summed E-state index contributed by atoms with van der Waals surface area (Å²) < 4.78 is 0. The maximum absolute atomic E-state index is 9.90. The minimum atomic E-state index is -0.157. The number of hydrogen-bond acceptors (Lipinski definition) is 6. The van der Waals surface area contributed by atoms with Gasteiger partial charge >= 0.3 is 0 Å². The van der Waals surface area contributed by atoms with Crippen molar-refractivity contribution in [2.45, 2.75) is 6.92 Å². The maximum atomic E-state index is 9.90. The van der Waals surface area contributed by atoms with Crippen LogP contribution in [0.5, 0.6) is 5.75 Å². The van der Waals surface area contributed by atoms with Crippen LogP contribution in [0.3, 0.4) is 0 Å². The molecule has 2 aromatic rings. The molecule has 20 heavy (non-hydrogen) atoms. The van der Waals surface area contributed by atoms with Gasteiger partial charge in [-0.3, -0.25) is 0 Å². The summed E-state index contributed by atoms with van der Waals surface area (Å²) >= 11 is 11.9. The smallest absolute Gasteiger partial charge is 0.216 e. The number of allylic oxidation sites excluding steroid dienone is 1. The van der Waals surface area contributed by atoms with Gasteiger partial charge in [0.2, 0.25) is 5.82 Å². The van der Waals surface area contributed by atoms with Crippen LogP contribution in [0.1, 0.15) is 11.4 Å². The summed E-state index contributed by atoms with van der Waals surface area (Å²) in [5.74, 6) is -0.0287. The molecule has 9 heteroatoms. The van der Waals surface area contributed by atoms with Gasteiger partial charge in [-0.05, 0) is 23.8 Å². The first kappa shape index (κ1) is 14.1. The van der Waals surface area contributed by atoms with Crippen LogP contribution in [-0.4, -0.2) is 25.7 Å². The monoisotopic (exact) mass is 310 g/mol. The van der Waals surface area contributed by atoms with Crippen LogP contribution in [0, 0.1) is 18.3 Å². The van der Waals surface area contributed by atoms with Crippen LogP contribution < -0.4 is 5.32 Å². The molecule has 7 nitrogen and oxygen atoms in total. The van der Waals surface area contributed by atoms with E-state index in [4.69, 9.17) is 28.5 Å². The third-order valence-corrected chi connectivity index (χ3v) is 3.36. The summed E-state index contributed by atoms with van der Waals surface area (Å²) in [6.07, 6.45) is 1.32. The predicted molar refractivity (Wildman–Crippen MR) is 74.3 cm³/mol. The molecule has 0 aliphatic heterocycles. The van der Waals surface area contributed by atoms with Crippen LogP contribution in [0.2, 0.25) is 10.0 Å². The first-order valence-corrected chi connectivity index (χ1v) is 6.08. The van der Waals surface area contributed by atoms with Crippen molar-refractivity contribution < 1.29 is 5.11 Å². The summed E-state index contributed by atoms with van der Waals surface area (Å²) in [5, 5.41) is 35.1. The Balaban J connectivity index is 2.34. The van der Waals surface area contributed by atoms with Crippen molar-refractivity contribution in [1.29, 1.82) is 5.26 Å². The van der Waals surface area contributed by atoms with Gasteiger partial charge in [0, 0.05) is 11.2 Å². The molecule has 102 valence electrons. The molecule has 0 atom stereocenters. The van der Waals surface area contributed by atoms with E-state index in [2.05, 4.69) is 25.9 Å². The van der Waals surface area contributed by atoms with Gasteiger partial charge in [0.05, 0.1) is 10.7 Å². The number of aromatic amines is 1. The number of rotatable bonds is 3. The molecule has 0 aliphatic carbocycles. The number of hydrogen-bond donors (Lipinski definition) is 3. The normalized spacial score (nSPS) is 11.2. The fourth-order valence-electron chi connectivity index (χ4n) is 1.39. The maximum Gasteiger partial charge on any atom is 0.216 e. The summed E-state index contributed by atoms with van der Waals surface area (Å²) in [5.41, 5.74) is 0.965. The first-order valence-electron chi connectivity index (χ1n) is 5.32. The number of nitriles is 1. The molecular formula is C11H8Cl2N6O. The third-order valence-electron chi connectivity index (χ3n) is 2.50. The van der Waals surface area contributed by atoms with Crippen molar-refractivity contribution in [3.8, 4) is 11.8 Å². The Morgan fingerprint density at radius 2 is 2.30 bits per heavy atom. The van der Waals surface area contributed by atoms with Gasteiger partial charge in [0.15, 0.2) is 5.75 Å². The average molecular weight is 311 g/mol. The lowest BCUT2D eigenvalue weighted by molar-refractivity contribution is 0.477. The van der Waals surface area contributed by atoms with Gasteiger partial charge in [-0.15, -0.1) is 10.2 Å². The number of anilines is 1. The topological polar surface area (TPSA) is 111 Å². The van der Waals surface area contributed by atoms with Crippen molar-refractivity contribution in [3.05, 3.63) is 33.7 Å². The van der Waals surface area contributed by atoms with Gasteiger partial charge in [-0.1, -0.05) is 23.2 Å². The highest BCUT2D eigenvalue weighted by Gasteiger charge is 2.12. The number of halogens is 2. The number of aromatic nitrogens is 4. The van der Waals surface area contributed by atoms with E-state index in [-0.39, 0.29) is 27.9 Å². The van der Waals surface area contributed by atoms with Gasteiger partial charge in [0.25, 0.3) is 0 Å². The molecule has 0 amide bonds. The lowest BCUT2D eigenvalue weighted by Crippen LogP contribution is -1.94. The van der Waals surface area contributed by atoms with E-state index < -0.39 is 0 Å². The Kier molecular flexibility index (Phi) is 4.08. The fourth-order valence-corrected chi connectivity index (χ4v) is 1.84. The highest BCUT2D eigenvalue weighted by Crippen LogP contribution is 2.38. The lowest BCUT2D eigenvalue weighted by atomic mass is 10.2. The summed E-state index contributed by atoms with van der Waals surface area (Å²) in [6, 6.07) is 3.40. The Hall–Kier alpha value is -2.30. The molecule has 0 spiro atoms. The zero-order valence-corrected chi connectivity index (χ0v) is 11.7. The molecule has 0 bridgehead atoms. The highest BCUT2D eigenvalue weighted by atomic mass is 35.5. The molecule has 0 unspecified atom stereocenters. The summed E-state index contributed by atoms with van der Waals surface area (Å²) in [6.45, 7) is 1.68. The third kappa shape index (κ3) is 2.66. The minimum Gasteiger partial charge on any atom is -0.504 e. The van der Waals surface area contributed by atoms with Crippen LogP contribution in [-0.2, 0) is 0 Å². The number of benzene rings is 1. The fraction of sp³-hybridized carbons (Fsp3) is 0.0909. The van der Waals surface area contributed by atoms with Crippen molar-refractivity contribution in [3.63, 3.8) is 0 Å². The number of phenols is 1. The Bertz CT molecular complexity index is 705. The Labute approximate surface area is 123 Å². The Morgan fingerprint density at radius 3 is 2.90 bits per heavy atom. The van der Waals surface area contributed by atoms with E-state index >= 15 is 0 Å². The standard InChI is InChI=1S/C11H8Cl2N6O/c1-5-7(12)2-8(10(20)9(5)13)15-4-6(3-14)11-16-18-19-17-11/h2,4,15,20H,1H3,(H,16,17,18,19). The van der Waals surface area contributed by atoms with Gasteiger partial charge in [-0.2, -0.15) is 10.5 Å². The van der Waals surface area contributed by atoms with E-state index in [0.717, 1.165) is 0 Å². The zero-order chi connectivity index (χ0) is 14.7. The second-order valence-corrected chi connectivity index (χ2v) is 4.53. The van der Waals surface area contributed by atoms with Gasteiger partial charge in [0.1, 0.15) is 11.6 Å². The molecular weight excluding hydrogens is 303 g/mol. The molecule has 0 aliphatic rings. The zero-order valence-electron chi connectivity index (χ0n) is 10.1. The molecule has 1 aromatic carbocycles. The predicted octanol–water partition coefficient (Wildman–Crippen LogP) is 2.50. The molecule has 0 saturated carbocycles. The van der Waals surface area contributed by atoms with Crippen molar-refractivity contribution >= 4 is 34.5 Å². The average Bonchev–Trinajstić information content (AvgIpc) is 2.96. The first-order chi connectivity index (χ1) is 9.54. The SMILES string of the molecule is Cc1c(Cl)cc(NC=C(C#N)c2nn[nH]n2)c(O)c1Cl. The summed E-state index contributed by atoms with van der Waals surface area (Å²) in [7, 11) is 0. The number of tetrazole rings is 1. The molecule has 1 heterocycles. The van der Waals surface area contributed by atoms with Crippen LogP contribution in [0.25, 0.3) is 5.57 Å². The largest absolute Gasteiger partial charge is 0.504 e. The van der Waals surface area contributed by atoms with E-state index in [1.165, 1.54) is 12.3 Å². The van der Waals surface area contributed by atoms with Gasteiger partial charge in [-0.25, -0.2) is 0 Å². The highest BCUT2D eigenvalue weighted by molar-refractivity contribution is 6.37. The minimum absolute atomic E-state index is 0.129. The number of phenolic OH excluding ortho intramolecular Hbond substituents is 1. The molecule has 3 N–H and O–H groups in total. The molecule has 0 saturated heterocycles. The lowest BCUT2D eigenvalue weighted by Gasteiger charge is -2.10. The number of nitrogens with zero attached hydrogens (tertiary/aromatic N) is 4. The molecule has 0 fully saturated rings.